The van der Waals surface area contributed by atoms with Crippen molar-refractivity contribution in [1.29, 1.82) is 0 Å². The summed E-state index contributed by atoms with van der Waals surface area (Å²) in [6.45, 7) is 0.462. The van der Waals surface area contributed by atoms with Crippen molar-refractivity contribution in [3.63, 3.8) is 0 Å². The number of rotatable bonds is 2. The monoisotopic (exact) mass is 289 g/mol. The Labute approximate surface area is 121 Å². The molecule has 2 N–H and O–H groups in total. The lowest BCUT2D eigenvalue weighted by Gasteiger charge is -2.27. The molecule has 0 spiro atoms. The lowest BCUT2D eigenvalue weighted by atomic mass is 10.1. The number of hydrogen-bond acceptors (Lipinski definition) is 3. The molecular formula is C15H13ClFN3. The molecule has 0 bridgehead atoms. The van der Waals surface area contributed by atoms with Crippen LogP contribution in [0.3, 0.4) is 0 Å². The molecule has 0 aromatic heterocycles. The van der Waals surface area contributed by atoms with Crippen molar-refractivity contribution in [3.8, 4) is 0 Å². The van der Waals surface area contributed by atoms with E-state index in [-0.39, 0.29) is 11.9 Å². The van der Waals surface area contributed by atoms with Crippen LogP contribution in [0.1, 0.15) is 11.6 Å². The molecule has 5 heteroatoms. The van der Waals surface area contributed by atoms with Crippen molar-refractivity contribution >= 4 is 23.2 Å². The van der Waals surface area contributed by atoms with E-state index in [0.717, 1.165) is 5.56 Å². The molecule has 1 atom stereocenters. The van der Waals surface area contributed by atoms with Crippen LogP contribution in [0, 0.1) is 5.82 Å². The van der Waals surface area contributed by atoms with Gasteiger partial charge in [0, 0.05) is 5.02 Å². The fourth-order valence-corrected chi connectivity index (χ4v) is 2.68. The molecule has 102 valence electrons. The Bertz CT molecular complexity index is 672. The van der Waals surface area contributed by atoms with E-state index in [1.807, 2.05) is 24.3 Å². The highest BCUT2D eigenvalue weighted by atomic mass is 35.5. The Kier molecular flexibility index (Phi) is 3.32. The third-order valence-corrected chi connectivity index (χ3v) is 3.71. The van der Waals surface area contributed by atoms with Gasteiger partial charge in [0.1, 0.15) is 5.82 Å². The van der Waals surface area contributed by atoms with Crippen molar-refractivity contribution in [2.24, 2.45) is 10.7 Å². The van der Waals surface area contributed by atoms with Crippen LogP contribution in [0.5, 0.6) is 0 Å². The van der Waals surface area contributed by atoms with Gasteiger partial charge in [-0.05, 0) is 23.8 Å². The number of guanidine groups is 1. The van der Waals surface area contributed by atoms with Gasteiger partial charge in [0.2, 0.25) is 0 Å². The molecule has 0 aliphatic carbocycles. The standard InChI is InChI=1S/C15H13ClFN3/c16-11-6-2-1-5-10(11)14-9-19-15(18)20(14)13-8-4-3-7-12(13)17/h1-8,14H,9H2,(H2,18,19). The van der Waals surface area contributed by atoms with Crippen molar-refractivity contribution < 1.29 is 4.39 Å². The summed E-state index contributed by atoms with van der Waals surface area (Å²) in [5.41, 5.74) is 7.23. The molecule has 0 amide bonds. The third-order valence-electron chi connectivity index (χ3n) is 3.36. The van der Waals surface area contributed by atoms with Crippen LogP contribution in [0.15, 0.2) is 53.5 Å². The summed E-state index contributed by atoms with van der Waals surface area (Å²) >= 11 is 6.23. The maximum absolute atomic E-state index is 14.0. The maximum atomic E-state index is 14.0. The largest absolute Gasteiger partial charge is 0.369 e. The van der Waals surface area contributed by atoms with Gasteiger partial charge in [-0.3, -0.25) is 4.99 Å². The molecule has 0 radical (unpaired) electrons. The number of para-hydroxylation sites is 1. The van der Waals surface area contributed by atoms with E-state index in [4.69, 9.17) is 17.3 Å². The Morgan fingerprint density at radius 1 is 1.15 bits per heavy atom. The quantitative estimate of drug-likeness (QED) is 0.921. The van der Waals surface area contributed by atoms with E-state index in [9.17, 15) is 4.39 Å². The minimum Gasteiger partial charge on any atom is -0.369 e. The molecule has 2 aromatic rings. The number of halogens is 2. The van der Waals surface area contributed by atoms with Gasteiger partial charge in [-0.2, -0.15) is 0 Å². The Morgan fingerprint density at radius 2 is 1.85 bits per heavy atom. The van der Waals surface area contributed by atoms with Crippen LogP contribution in [0.4, 0.5) is 10.1 Å². The lowest BCUT2D eigenvalue weighted by Crippen LogP contribution is -2.36. The average Bonchev–Trinajstić information content (AvgIpc) is 2.82. The van der Waals surface area contributed by atoms with Gasteiger partial charge in [-0.1, -0.05) is 41.9 Å². The summed E-state index contributed by atoms with van der Waals surface area (Å²) in [4.78, 5) is 5.92. The number of hydrogen-bond donors (Lipinski definition) is 1. The third kappa shape index (κ3) is 2.12. The molecule has 1 aliphatic rings. The molecule has 1 aliphatic heterocycles. The lowest BCUT2D eigenvalue weighted by molar-refractivity contribution is 0.619. The van der Waals surface area contributed by atoms with Crippen LogP contribution < -0.4 is 10.6 Å². The molecule has 3 nitrogen and oxygen atoms in total. The van der Waals surface area contributed by atoms with Crippen molar-refractivity contribution in [2.45, 2.75) is 6.04 Å². The van der Waals surface area contributed by atoms with E-state index >= 15 is 0 Å². The summed E-state index contributed by atoms with van der Waals surface area (Å²) in [5, 5.41) is 0.628. The average molecular weight is 290 g/mol. The first-order chi connectivity index (χ1) is 9.68. The molecule has 3 rings (SSSR count). The zero-order valence-corrected chi connectivity index (χ0v) is 11.4. The fourth-order valence-electron chi connectivity index (χ4n) is 2.42. The predicted molar refractivity (Wildman–Crippen MR) is 79.6 cm³/mol. The van der Waals surface area contributed by atoms with Crippen LogP contribution in [-0.2, 0) is 0 Å². The molecular weight excluding hydrogens is 277 g/mol. The van der Waals surface area contributed by atoms with E-state index < -0.39 is 0 Å². The summed E-state index contributed by atoms with van der Waals surface area (Å²) in [7, 11) is 0. The number of nitrogens with two attached hydrogens (primary N) is 1. The SMILES string of the molecule is NC1=NCC(c2ccccc2Cl)N1c1ccccc1F. The van der Waals surface area contributed by atoms with Gasteiger partial charge < -0.3 is 10.6 Å². The molecule has 2 aromatic carbocycles. The smallest absolute Gasteiger partial charge is 0.196 e. The van der Waals surface area contributed by atoms with Gasteiger partial charge in [-0.15, -0.1) is 0 Å². The van der Waals surface area contributed by atoms with E-state index in [0.29, 0.717) is 23.2 Å². The molecule has 1 unspecified atom stereocenters. The minimum absolute atomic E-state index is 0.180. The Morgan fingerprint density at radius 3 is 2.60 bits per heavy atom. The van der Waals surface area contributed by atoms with Crippen LogP contribution in [0.25, 0.3) is 0 Å². The zero-order valence-electron chi connectivity index (χ0n) is 10.6. The van der Waals surface area contributed by atoms with Gasteiger partial charge in [-0.25, -0.2) is 4.39 Å². The van der Waals surface area contributed by atoms with Gasteiger partial charge in [0.25, 0.3) is 0 Å². The highest BCUT2D eigenvalue weighted by molar-refractivity contribution is 6.31. The van der Waals surface area contributed by atoms with E-state index in [2.05, 4.69) is 4.99 Å². The van der Waals surface area contributed by atoms with Gasteiger partial charge >= 0.3 is 0 Å². The number of nitrogens with zero attached hydrogens (tertiary/aromatic N) is 2. The van der Waals surface area contributed by atoms with E-state index in [1.54, 1.807) is 23.1 Å². The second-order valence-corrected chi connectivity index (χ2v) is 4.96. The topological polar surface area (TPSA) is 41.6 Å². The first kappa shape index (κ1) is 12.9. The van der Waals surface area contributed by atoms with Gasteiger partial charge in [0.05, 0.1) is 18.3 Å². The highest BCUT2D eigenvalue weighted by Gasteiger charge is 2.31. The predicted octanol–water partition coefficient (Wildman–Crippen LogP) is 3.36. The number of benzene rings is 2. The summed E-state index contributed by atoms with van der Waals surface area (Å²) < 4.78 is 14.0. The first-order valence-corrected chi connectivity index (χ1v) is 6.64. The van der Waals surface area contributed by atoms with Gasteiger partial charge in [0.15, 0.2) is 5.96 Å². The second-order valence-electron chi connectivity index (χ2n) is 4.56. The molecule has 20 heavy (non-hydrogen) atoms. The van der Waals surface area contributed by atoms with Crippen LogP contribution in [-0.4, -0.2) is 12.5 Å². The van der Waals surface area contributed by atoms with E-state index in [1.165, 1.54) is 6.07 Å². The van der Waals surface area contributed by atoms with Crippen molar-refractivity contribution in [1.82, 2.24) is 0 Å². The fraction of sp³-hybridized carbons (Fsp3) is 0.133. The number of anilines is 1. The maximum Gasteiger partial charge on any atom is 0.196 e. The molecule has 0 saturated carbocycles. The Balaban J connectivity index is 2.06. The molecule has 1 heterocycles. The van der Waals surface area contributed by atoms with Crippen molar-refractivity contribution in [2.75, 3.05) is 11.4 Å². The normalized spacial score (nSPS) is 18.2. The zero-order chi connectivity index (χ0) is 14.1. The second kappa shape index (κ2) is 5.13. The minimum atomic E-state index is -0.329. The number of aliphatic imine (C=N–C) groups is 1. The van der Waals surface area contributed by atoms with Crippen LogP contribution in [0.2, 0.25) is 5.02 Å². The summed E-state index contributed by atoms with van der Waals surface area (Å²) in [5.74, 6) is -0.0235. The van der Waals surface area contributed by atoms with Crippen molar-refractivity contribution in [3.05, 3.63) is 64.9 Å². The summed E-state index contributed by atoms with van der Waals surface area (Å²) in [6, 6.07) is 13.8. The molecule has 0 saturated heterocycles. The summed E-state index contributed by atoms with van der Waals surface area (Å²) in [6.07, 6.45) is 0. The highest BCUT2D eigenvalue weighted by Crippen LogP contribution is 2.35. The molecule has 0 fully saturated rings. The van der Waals surface area contributed by atoms with Crippen LogP contribution >= 0.6 is 11.6 Å². The first-order valence-electron chi connectivity index (χ1n) is 6.26. The Hall–Kier alpha value is -2.07.